The zero-order valence-corrected chi connectivity index (χ0v) is 11.9. The van der Waals surface area contributed by atoms with Crippen molar-refractivity contribution >= 4 is 26.9 Å². The lowest BCUT2D eigenvalue weighted by Crippen LogP contribution is -2.00. The maximum absolute atomic E-state index is 12.1. The molecule has 0 N–H and O–H groups in total. The average molecular weight is 315 g/mol. The lowest BCUT2D eigenvalue weighted by atomic mass is 10.1. The first kappa shape index (κ1) is 12.2. The molecule has 0 saturated heterocycles. The summed E-state index contributed by atoms with van der Waals surface area (Å²) in [5.74, 6) is 0.587. The van der Waals surface area contributed by atoms with E-state index in [4.69, 9.17) is 4.42 Å². The number of halogens is 1. The average Bonchev–Trinajstić information content (AvgIpc) is 2.38. The number of fused-ring (bicyclic) bond motifs is 1. The van der Waals surface area contributed by atoms with Crippen molar-refractivity contribution in [3.63, 3.8) is 0 Å². The number of benzene rings is 2. The minimum atomic E-state index is -0.0174. The third-order valence-electron chi connectivity index (χ3n) is 2.99. The molecule has 0 unspecified atom stereocenters. The van der Waals surface area contributed by atoms with Gasteiger partial charge < -0.3 is 4.42 Å². The molecule has 0 aliphatic heterocycles. The van der Waals surface area contributed by atoms with Crippen molar-refractivity contribution in [2.24, 2.45) is 0 Å². The second-order valence-corrected chi connectivity index (χ2v) is 5.40. The number of aryl methyl sites for hydroxylation is 1. The van der Waals surface area contributed by atoms with Gasteiger partial charge in [-0.3, -0.25) is 4.79 Å². The van der Waals surface area contributed by atoms with Crippen LogP contribution >= 0.6 is 15.9 Å². The Morgan fingerprint density at radius 1 is 1.05 bits per heavy atom. The van der Waals surface area contributed by atoms with E-state index in [0.717, 1.165) is 15.6 Å². The Balaban J connectivity index is 2.28. The van der Waals surface area contributed by atoms with Crippen LogP contribution in [0.15, 0.2) is 62.2 Å². The zero-order valence-electron chi connectivity index (χ0n) is 10.3. The second-order valence-electron chi connectivity index (χ2n) is 4.48. The first-order valence-corrected chi connectivity index (χ1v) is 6.73. The summed E-state index contributed by atoms with van der Waals surface area (Å²) < 4.78 is 6.80. The molecule has 94 valence electrons. The van der Waals surface area contributed by atoms with Crippen molar-refractivity contribution in [2.45, 2.75) is 6.92 Å². The van der Waals surface area contributed by atoms with Gasteiger partial charge in [0, 0.05) is 16.1 Å². The van der Waals surface area contributed by atoms with Crippen LogP contribution in [0.3, 0.4) is 0 Å². The number of hydrogen-bond donors (Lipinski definition) is 0. The SMILES string of the molecule is Cc1ccc2c(=O)cc(-c3cccc(Br)c3)oc2c1. The summed E-state index contributed by atoms with van der Waals surface area (Å²) in [5.41, 5.74) is 2.57. The van der Waals surface area contributed by atoms with E-state index in [1.807, 2.05) is 43.3 Å². The van der Waals surface area contributed by atoms with E-state index in [0.29, 0.717) is 16.7 Å². The molecule has 0 saturated carbocycles. The molecule has 1 heterocycles. The van der Waals surface area contributed by atoms with Crippen LogP contribution in [0.25, 0.3) is 22.3 Å². The maximum Gasteiger partial charge on any atom is 0.193 e. The van der Waals surface area contributed by atoms with Crippen LogP contribution in [0, 0.1) is 6.92 Å². The smallest absolute Gasteiger partial charge is 0.193 e. The Labute approximate surface area is 118 Å². The standard InChI is InChI=1S/C16H11BrO2/c1-10-5-6-13-14(18)9-15(19-16(13)7-10)11-3-2-4-12(17)8-11/h2-9H,1H3. The fourth-order valence-electron chi connectivity index (χ4n) is 2.05. The van der Waals surface area contributed by atoms with E-state index >= 15 is 0 Å². The van der Waals surface area contributed by atoms with Gasteiger partial charge in [0.25, 0.3) is 0 Å². The molecule has 0 atom stereocenters. The molecule has 0 spiro atoms. The van der Waals surface area contributed by atoms with Gasteiger partial charge in [-0.05, 0) is 36.8 Å². The molecular formula is C16H11BrO2. The second kappa shape index (κ2) is 4.67. The highest BCUT2D eigenvalue weighted by Gasteiger charge is 2.07. The maximum atomic E-state index is 12.1. The van der Waals surface area contributed by atoms with Crippen LogP contribution in [-0.4, -0.2) is 0 Å². The Bertz CT molecular complexity index is 818. The lowest BCUT2D eigenvalue weighted by molar-refractivity contribution is 0.618. The highest BCUT2D eigenvalue weighted by atomic mass is 79.9. The van der Waals surface area contributed by atoms with Gasteiger partial charge in [-0.15, -0.1) is 0 Å². The summed E-state index contributed by atoms with van der Waals surface area (Å²) in [6, 6.07) is 14.9. The van der Waals surface area contributed by atoms with Crippen molar-refractivity contribution in [1.29, 1.82) is 0 Å². The summed E-state index contributed by atoms with van der Waals surface area (Å²) >= 11 is 3.42. The molecule has 2 nitrogen and oxygen atoms in total. The fourth-order valence-corrected chi connectivity index (χ4v) is 2.45. The molecule has 0 bridgehead atoms. The minimum absolute atomic E-state index is 0.0174. The molecule has 3 rings (SSSR count). The van der Waals surface area contributed by atoms with E-state index in [1.165, 1.54) is 0 Å². The third kappa shape index (κ3) is 2.34. The van der Waals surface area contributed by atoms with E-state index in [1.54, 1.807) is 12.1 Å². The molecule has 3 heteroatoms. The normalized spacial score (nSPS) is 10.8. The van der Waals surface area contributed by atoms with Crippen LogP contribution in [0.2, 0.25) is 0 Å². The molecule has 0 aliphatic rings. The van der Waals surface area contributed by atoms with Gasteiger partial charge in [0.2, 0.25) is 0 Å². The van der Waals surface area contributed by atoms with E-state index in [9.17, 15) is 4.79 Å². The largest absolute Gasteiger partial charge is 0.456 e. The van der Waals surface area contributed by atoms with Gasteiger partial charge in [0.05, 0.1) is 5.39 Å². The van der Waals surface area contributed by atoms with Gasteiger partial charge >= 0.3 is 0 Å². The predicted octanol–water partition coefficient (Wildman–Crippen LogP) is 4.53. The zero-order chi connectivity index (χ0) is 13.4. The van der Waals surface area contributed by atoms with Gasteiger partial charge in [0.1, 0.15) is 11.3 Å². The van der Waals surface area contributed by atoms with Crippen molar-refractivity contribution < 1.29 is 4.42 Å². The van der Waals surface area contributed by atoms with Gasteiger partial charge in [-0.25, -0.2) is 0 Å². The summed E-state index contributed by atoms with van der Waals surface area (Å²) in [6.07, 6.45) is 0. The lowest BCUT2D eigenvalue weighted by Gasteiger charge is -2.04. The number of hydrogen-bond acceptors (Lipinski definition) is 2. The summed E-state index contributed by atoms with van der Waals surface area (Å²) in [4.78, 5) is 12.1. The van der Waals surface area contributed by atoms with E-state index in [2.05, 4.69) is 15.9 Å². The molecule has 0 amide bonds. The first-order chi connectivity index (χ1) is 9.13. The van der Waals surface area contributed by atoms with Gasteiger partial charge in [-0.2, -0.15) is 0 Å². The topological polar surface area (TPSA) is 30.2 Å². The summed E-state index contributed by atoms with van der Waals surface area (Å²) in [7, 11) is 0. The Morgan fingerprint density at radius 2 is 1.89 bits per heavy atom. The van der Waals surface area contributed by atoms with E-state index in [-0.39, 0.29) is 5.43 Å². The predicted molar refractivity (Wildman–Crippen MR) is 80.4 cm³/mol. The number of rotatable bonds is 1. The van der Waals surface area contributed by atoms with Crippen LogP contribution in [0.1, 0.15) is 5.56 Å². The minimum Gasteiger partial charge on any atom is -0.456 e. The van der Waals surface area contributed by atoms with Crippen LogP contribution in [0.4, 0.5) is 0 Å². The Morgan fingerprint density at radius 3 is 2.68 bits per heavy atom. The summed E-state index contributed by atoms with van der Waals surface area (Å²) in [5, 5.41) is 0.615. The van der Waals surface area contributed by atoms with Crippen LogP contribution < -0.4 is 5.43 Å². The van der Waals surface area contributed by atoms with Gasteiger partial charge in [0.15, 0.2) is 5.43 Å². The molecule has 0 radical (unpaired) electrons. The first-order valence-electron chi connectivity index (χ1n) is 5.94. The fraction of sp³-hybridized carbons (Fsp3) is 0.0625. The van der Waals surface area contributed by atoms with Crippen molar-refractivity contribution in [3.8, 4) is 11.3 Å². The quantitative estimate of drug-likeness (QED) is 0.660. The van der Waals surface area contributed by atoms with E-state index < -0.39 is 0 Å². The molecule has 1 aromatic heterocycles. The molecular weight excluding hydrogens is 304 g/mol. The Kier molecular flexibility index (Phi) is 2.99. The molecule has 2 aromatic carbocycles. The van der Waals surface area contributed by atoms with Crippen LogP contribution in [-0.2, 0) is 0 Å². The highest BCUT2D eigenvalue weighted by Crippen LogP contribution is 2.25. The molecule has 0 aliphatic carbocycles. The molecule has 19 heavy (non-hydrogen) atoms. The highest BCUT2D eigenvalue weighted by molar-refractivity contribution is 9.10. The van der Waals surface area contributed by atoms with Gasteiger partial charge in [-0.1, -0.05) is 34.1 Å². The van der Waals surface area contributed by atoms with Crippen molar-refractivity contribution in [2.75, 3.05) is 0 Å². The van der Waals surface area contributed by atoms with Crippen molar-refractivity contribution in [1.82, 2.24) is 0 Å². The summed E-state index contributed by atoms with van der Waals surface area (Å²) in [6.45, 7) is 1.98. The molecule has 0 fully saturated rings. The molecule has 3 aromatic rings. The third-order valence-corrected chi connectivity index (χ3v) is 3.49. The monoisotopic (exact) mass is 314 g/mol. The van der Waals surface area contributed by atoms with Crippen molar-refractivity contribution in [3.05, 3.63) is 68.8 Å². The Hall–Kier alpha value is -1.87. The van der Waals surface area contributed by atoms with Crippen LogP contribution in [0.5, 0.6) is 0 Å².